The van der Waals surface area contributed by atoms with Crippen LogP contribution in [0.15, 0.2) is 36.7 Å². The van der Waals surface area contributed by atoms with E-state index in [1.807, 2.05) is 18.2 Å². The fourth-order valence-corrected chi connectivity index (χ4v) is 1.38. The van der Waals surface area contributed by atoms with Crippen molar-refractivity contribution < 1.29 is 0 Å². The summed E-state index contributed by atoms with van der Waals surface area (Å²) in [6.45, 7) is 1.22. The van der Waals surface area contributed by atoms with Gasteiger partial charge < -0.3 is 11.1 Å². The molecule has 1 aromatic heterocycles. The molecule has 0 amide bonds. The molecular weight excluding hydrogens is 202 g/mol. The Labute approximate surface area is 93.7 Å². The normalized spacial score (nSPS) is 10.1. The number of hydrogen-bond donors (Lipinski definition) is 2. The summed E-state index contributed by atoms with van der Waals surface area (Å²) >= 11 is 0. The van der Waals surface area contributed by atoms with Crippen LogP contribution in [0.25, 0.3) is 0 Å². The molecule has 2 aromatic rings. The molecule has 0 atom stereocenters. The van der Waals surface area contributed by atoms with Crippen LogP contribution in [0.4, 0.5) is 5.95 Å². The van der Waals surface area contributed by atoms with Crippen molar-refractivity contribution in [2.24, 2.45) is 5.73 Å². The minimum atomic E-state index is 0.528. The highest BCUT2D eigenvalue weighted by Crippen LogP contribution is 2.06. The molecule has 82 valence electrons. The molecule has 0 unspecified atom stereocenters. The van der Waals surface area contributed by atoms with Gasteiger partial charge in [-0.3, -0.25) is 0 Å². The fraction of sp³-hybridized carbons (Fsp3) is 0.182. The van der Waals surface area contributed by atoms with Gasteiger partial charge in [0.15, 0.2) is 0 Å². The molecule has 3 N–H and O–H groups in total. The maximum Gasteiger partial charge on any atom is 0.242 e. The lowest BCUT2D eigenvalue weighted by Gasteiger charge is -2.05. The molecule has 0 saturated heterocycles. The Morgan fingerprint density at radius 3 is 2.81 bits per heavy atom. The Bertz CT molecular complexity index is 443. The van der Waals surface area contributed by atoms with Crippen molar-refractivity contribution in [1.29, 1.82) is 0 Å². The van der Waals surface area contributed by atoms with Gasteiger partial charge in [0.25, 0.3) is 0 Å². The Morgan fingerprint density at radius 2 is 2.06 bits per heavy atom. The summed E-state index contributed by atoms with van der Waals surface area (Å²) in [4.78, 5) is 4.03. The zero-order chi connectivity index (χ0) is 11.2. The number of aromatic nitrogens is 3. The van der Waals surface area contributed by atoms with Crippen molar-refractivity contribution >= 4 is 5.95 Å². The van der Waals surface area contributed by atoms with Crippen LogP contribution < -0.4 is 11.1 Å². The number of hydrogen-bond acceptors (Lipinski definition) is 5. The number of nitrogens with one attached hydrogen (secondary N) is 1. The third-order valence-electron chi connectivity index (χ3n) is 2.16. The van der Waals surface area contributed by atoms with Crippen LogP contribution in [0.5, 0.6) is 0 Å². The van der Waals surface area contributed by atoms with Crippen LogP contribution in [0.2, 0.25) is 0 Å². The molecule has 2 rings (SSSR count). The summed E-state index contributed by atoms with van der Waals surface area (Å²) in [5.74, 6) is 0.528. The minimum Gasteiger partial charge on any atom is -0.349 e. The zero-order valence-corrected chi connectivity index (χ0v) is 8.80. The third-order valence-corrected chi connectivity index (χ3v) is 2.16. The van der Waals surface area contributed by atoms with Gasteiger partial charge in [0.05, 0.1) is 12.4 Å². The SMILES string of the molecule is NCc1cccc(CNc2nccnn2)c1. The van der Waals surface area contributed by atoms with Gasteiger partial charge in [-0.2, -0.15) is 5.10 Å². The van der Waals surface area contributed by atoms with E-state index in [1.165, 1.54) is 0 Å². The van der Waals surface area contributed by atoms with E-state index < -0.39 is 0 Å². The van der Waals surface area contributed by atoms with Crippen molar-refractivity contribution in [3.05, 3.63) is 47.8 Å². The second-order valence-electron chi connectivity index (χ2n) is 3.34. The molecule has 0 aliphatic rings. The van der Waals surface area contributed by atoms with Crippen molar-refractivity contribution in [2.75, 3.05) is 5.32 Å². The lowest BCUT2D eigenvalue weighted by Crippen LogP contribution is -2.05. The molecule has 0 fully saturated rings. The maximum atomic E-state index is 5.57. The Kier molecular flexibility index (Phi) is 3.40. The van der Waals surface area contributed by atoms with Gasteiger partial charge in [0.2, 0.25) is 5.95 Å². The van der Waals surface area contributed by atoms with Crippen LogP contribution >= 0.6 is 0 Å². The van der Waals surface area contributed by atoms with E-state index in [4.69, 9.17) is 5.73 Å². The van der Waals surface area contributed by atoms with Gasteiger partial charge in [-0.05, 0) is 11.1 Å². The van der Waals surface area contributed by atoms with Gasteiger partial charge in [-0.15, -0.1) is 5.10 Å². The van der Waals surface area contributed by atoms with E-state index in [9.17, 15) is 0 Å². The average Bonchev–Trinajstić information content (AvgIpc) is 2.38. The largest absolute Gasteiger partial charge is 0.349 e. The summed E-state index contributed by atoms with van der Waals surface area (Å²) in [6.07, 6.45) is 3.14. The van der Waals surface area contributed by atoms with E-state index in [-0.39, 0.29) is 0 Å². The van der Waals surface area contributed by atoms with Crippen molar-refractivity contribution in [3.63, 3.8) is 0 Å². The predicted molar refractivity (Wildman–Crippen MR) is 61.5 cm³/mol. The minimum absolute atomic E-state index is 0.528. The summed E-state index contributed by atoms with van der Waals surface area (Å²) in [7, 11) is 0. The average molecular weight is 215 g/mol. The predicted octanol–water partition coefficient (Wildman–Crippen LogP) is 0.942. The summed E-state index contributed by atoms with van der Waals surface area (Å²) in [5, 5.41) is 10.7. The molecule has 0 radical (unpaired) electrons. The highest BCUT2D eigenvalue weighted by Gasteiger charge is 1.97. The number of nitrogens with zero attached hydrogens (tertiary/aromatic N) is 3. The molecule has 0 spiro atoms. The molecular formula is C11H13N5. The van der Waals surface area contributed by atoms with Gasteiger partial charge in [-0.1, -0.05) is 24.3 Å². The molecule has 1 heterocycles. The molecule has 1 aromatic carbocycles. The zero-order valence-electron chi connectivity index (χ0n) is 8.80. The molecule has 0 bridgehead atoms. The Morgan fingerprint density at radius 1 is 1.19 bits per heavy atom. The van der Waals surface area contributed by atoms with E-state index >= 15 is 0 Å². The van der Waals surface area contributed by atoms with E-state index in [0.29, 0.717) is 19.0 Å². The molecule has 0 aliphatic carbocycles. The van der Waals surface area contributed by atoms with E-state index in [1.54, 1.807) is 12.4 Å². The monoisotopic (exact) mass is 215 g/mol. The van der Waals surface area contributed by atoms with Crippen LogP contribution in [0.3, 0.4) is 0 Å². The van der Waals surface area contributed by atoms with Gasteiger partial charge in [0, 0.05) is 13.1 Å². The first-order valence-corrected chi connectivity index (χ1v) is 5.04. The van der Waals surface area contributed by atoms with Gasteiger partial charge >= 0.3 is 0 Å². The highest BCUT2D eigenvalue weighted by molar-refractivity contribution is 5.28. The van der Waals surface area contributed by atoms with Crippen molar-refractivity contribution in [2.45, 2.75) is 13.1 Å². The van der Waals surface area contributed by atoms with Crippen LogP contribution in [-0.2, 0) is 13.1 Å². The first-order valence-electron chi connectivity index (χ1n) is 5.04. The quantitative estimate of drug-likeness (QED) is 0.793. The van der Waals surface area contributed by atoms with Crippen molar-refractivity contribution in [1.82, 2.24) is 15.2 Å². The second-order valence-corrected chi connectivity index (χ2v) is 3.34. The van der Waals surface area contributed by atoms with Crippen LogP contribution in [0.1, 0.15) is 11.1 Å². The summed E-state index contributed by atoms with van der Waals surface area (Å²) in [5.41, 5.74) is 7.84. The van der Waals surface area contributed by atoms with Crippen LogP contribution in [0, 0.1) is 0 Å². The van der Waals surface area contributed by atoms with Crippen molar-refractivity contribution in [3.8, 4) is 0 Å². The van der Waals surface area contributed by atoms with E-state index in [2.05, 4.69) is 26.6 Å². The standard InChI is InChI=1S/C11H13N5/c12-7-9-2-1-3-10(6-9)8-14-11-13-4-5-15-16-11/h1-6H,7-8,12H2,(H,13,14,16). The topological polar surface area (TPSA) is 76.7 Å². The van der Waals surface area contributed by atoms with Gasteiger partial charge in [0.1, 0.15) is 0 Å². The number of benzene rings is 1. The van der Waals surface area contributed by atoms with Crippen LogP contribution in [-0.4, -0.2) is 15.2 Å². The molecule has 5 heteroatoms. The Balaban J connectivity index is 1.99. The maximum absolute atomic E-state index is 5.57. The summed E-state index contributed by atoms with van der Waals surface area (Å²) in [6, 6.07) is 8.08. The van der Waals surface area contributed by atoms with E-state index in [0.717, 1.165) is 11.1 Å². The highest BCUT2D eigenvalue weighted by atomic mass is 15.2. The Hall–Kier alpha value is -2.01. The smallest absolute Gasteiger partial charge is 0.242 e. The molecule has 5 nitrogen and oxygen atoms in total. The lowest BCUT2D eigenvalue weighted by molar-refractivity contribution is 0.943. The second kappa shape index (κ2) is 5.18. The number of rotatable bonds is 4. The molecule has 0 aliphatic heterocycles. The lowest BCUT2D eigenvalue weighted by atomic mass is 10.1. The third kappa shape index (κ3) is 2.74. The summed E-state index contributed by atoms with van der Waals surface area (Å²) < 4.78 is 0. The molecule has 0 saturated carbocycles. The van der Waals surface area contributed by atoms with Gasteiger partial charge in [-0.25, -0.2) is 4.98 Å². The first kappa shape index (κ1) is 10.5. The number of nitrogens with two attached hydrogens (primary N) is 1. The first-order chi connectivity index (χ1) is 7.88. The number of anilines is 1. The fourth-order valence-electron chi connectivity index (χ4n) is 1.38. The molecule has 16 heavy (non-hydrogen) atoms.